The van der Waals surface area contributed by atoms with Crippen LogP contribution in [0.3, 0.4) is 0 Å². The van der Waals surface area contributed by atoms with Crippen LogP contribution in [0.1, 0.15) is 43.4 Å². The first-order chi connectivity index (χ1) is 12.4. The van der Waals surface area contributed by atoms with Gasteiger partial charge in [-0.25, -0.2) is 0 Å². The zero-order chi connectivity index (χ0) is 18.7. The topological polar surface area (TPSA) is 31.2 Å². The molecule has 3 heteroatoms. The van der Waals surface area contributed by atoms with Crippen LogP contribution in [-0.4, -0.2) is 10.5 Å². The number of aryl methyl sites for hydroxylation is 1. The van der Waals surface area contributed by atoms with Crippen molar-refractivity contribution in [2.75, 3.05) is 0 Å². The molecular weight excluding hydrogens is 322 g/mol. The highest BCUT2D eigenvalue weighted by molar-refractivity contribution is 5.81. The van der Waals surface area contributed by atoms with Gasteiger partial charge in [0, 0.05) is 18.8 Å². The molecule has 0 aliphatic heterocycles. The summed E-state index contributed by atoms with van der Waals surface area (Å²) in [7, 11) is 2.02. The number of ether oxygens (including phenoxy) is 1. The number of carbonyl (C=O) groups excluding carboxylic acids is 1. The van der Waals surface area contributed by atoms with Crippen LogP contribution in [0.15, 0.2) is 54.7 Å². The molecule has 3 aromatic rings. The second-order valence-electron chi connectivity index (χ2n) is 7.49. The number of rotatable bonds is 6. The van der Waals surface area contributed by atoms with Gasteiger partial charge < -0.3 is 9.30 Å². The van der Waals surface area contributed by atoms with Gasteiger partial charge in [-0.3, -0.25) is 4.79 Å². The SMILES string of the molecule is CC(C)Cc1ccc(C(C)C(=O)OCc2ccc3ccn(C)c3c2)cc1. The molecular formula is C23H27NO2. The van der Waals surface area contributed by atoms with Gasteiger partial charge in [-0.15, -0.1) is 0 Å². The fraction of sp³-hybridized carbons (Fsp3) is 0.348. The summed E-state index contributed by atoms with van der Waals surface area (Å²) < 4.78 is 7.63. The standard InChI is InChI=1S/C23H27NO2/c1-16(2)13-18-5-8-20(9-6-18)17(3)23(25)26-15-19-7-10-21-11-12-24(4)22(21)14-19/h5-12,14,16-17H,13,15H2,1-4H3. The molecule has 26 heavy (non-hydrogen) atoms. The highest BCUT2D eigenvalue weighted by Gasteiger charge is 2.17. The Morgan fingerprint density at radius 1 is 1.00 bits per heavy atom. The lowest BCUT2D eigenvalue weighted by Crippen LogP contribution is -2.13. The Balaban J connectivity index is 1.62. The molecule has 0 aliphatic rings. The minimum atomic E-state index is -0.262. The summed E-state index contributed by atoms with van der Waals surface area (Å²) in [6.07, 6.45) is 3.09. The van der Waals surface area contributed by atoms with E-state index in [1.807, 2.05) is 38.4 Å². The predicted octanol–water partition coefficient (Wildman–Crippen LogP) is 5.22. The summed E-state index contributed by atoms with van der Waals surface area (Å²) in [4.78, 5) is 12.4. The molecule has 1 aromatic heterocycles. The van der Waals surface area contributed by atoms with Gasteiger partial charge in [0.2, 0.25) is 0 Å². The zero-order valence-corrected chi connectivity index (χ0v) is 16.0. The van der Waals surface area contributed by atoms with E-state index in [-0.39, 0.29) is 11.9 Å². The molecule has 0 saturated heterocycles. The molecule has 0 saturated carbocycles. The summed E-state index contributed by atoms with van der Waals surface area (Å²) in [5.74, 6) is 0.181. The van der Waals surface area contributed by atoms with E-state index in [1.54, 1.807) is 0 Å². The fourth-order valence-electron chi connectivity index (χ4n) is 3.23. The number of benzene rings is 2. The summed E-state index contributed by atoms with van der Waals surface area (Å²) in [6.45, 7) is 6.62. The van der Waals surface area contributed by atoms with Crippen molar-refractivity contribution in [1.82, 2.24) is 4.57 Å². The maximum absolute atomic E-state index is 12.4. The van der Waals surface area contributed by atoms with Crippen molar-refractivity contribution < 1.29 is 9.53 Å². The average molecular weight is 349 g/mol. The second-order valence-corrected chi connectivity index (χ2v) is 7.49. The van der Waals surface area contributed by atoms with Gasteiger partial charge >= 0.3 is 5.97 Å². The second kappa shape index (κ2) is 7.77. The van der Waals surface area contributed by atoms with Crippen molar-refractivity contribution in [3.63, 3.8) is 0 Å². The number of nitrogens with zero attached hydrogens (tertiary/aromatic N) is 1. The van der Waals surface area contributed by atoms with E-state index < -0.39 is 0 Å². The molecule has 0 spiro atoms. The van der Waals surface area contributed by atoms with Crippen molar-refractivity contribution in [3.8, 4) is 0 Å². The molecule has 2 aromatic carbocycles. The van der Waals surface area contributed by atoms with Crippen molar-refractivity contribution in [1.29, 1.82) is 0 Å². The molecule has 0 amide bonds. The number of fused-ring (bicyclic) bond motifs is 1. The van der Waals surface area contributed by atoms with Gasteiger partial charge in [0.05, 0.1) is 5.92 Å². The molecule has 3 nitrogen and oxygen atoms in total. The molecule has 136 valence electrons. The lowest BCUT2D eigenvalue weighted by Gasteiger charge is -2.13. The summed E-state index contributed by atoms with van der Waals surface area (Å²) >= 11 is 0. The number of esters is 1. The predicted molar refractivity (Wildman–Crippen MR) is 106 cm³/mol. The molecule has 0 radical (unpaired) electrons. The van der Waals surface area contributed by atoms with Crippen molar-refractivity contribution in [2.45, 2.75) is 39.7 Å². The lowest BCUT2D eigenvalue weighted by molar-refractivity contribution is -0.146. The Bertz CT molecular complexity index is 890. The van der Waals surface area contributed by atoms with Crippen LogP contribution in [0.25, 0.3) is 10.9 Å². The number of carbonyl (C=O) groups is 1. The molecule has 0 N–H and O–H groups in total. The molecule has 0 fully saturated rings. The van der Waals surface area contributed by atoms with E-state index in [1.165, 1.54) is 10.9 Å². The van der Waals surface area contributed by atoms with Crippen LogP contribution in [0.4, 0.5) is 0 Å². The van der Waals surface area contributed by atoms with Crippen LogP contribution >= 0.6 is 0 Å². The fourth-order valence-corrected chi connectivity index (χ4v) is 3.23. The highest BCUT2D eigenvalue weighted by atomic mass is 16.5. The molecule has 1 atom stereocenters. The Kier molecular flexibility index (Phi) is 5.46. The summed E-state index contributed by atoms with van der Waals surface area (Å²) in [5.41, 5.74) is 4.46. The Morgan fingerprint density at radius 2 is 1.69 bits per heavy atom. The van der Waals surface area contributed by atoms with Crippen LogP contribution in [0.5, 0.6) is 0 Å². The van der Waals surface area contributed by atoms with Crippen LogP contribution in [0.2, 0.25) is 0 Å². The molecule has 3 rings (SSSR count). The van der Waals surface area contributed by atoms with E-state index in [0.29, 0.717) is 12.5 Å². The van der Waals surface area contributed by atoms with Gasteiger partial charge in [0.1, 0.15) is 6.61 Å². The van der Waals surface area contributed by atoms with Gasteiger partial charge in [0.15, 0.2) is 0 Å². The van der Waals surface area contributed by atoms with Crippen LogP contribution in [0, 0.1) is 5.92 Å². The first-order valence-electron chi connectivity index (χ1n) is 9.23. The lowest BCUT2D eigenvalue weighted by atomic mass is 9.97. The van der Waals surface area contributed by atoms with Gasteiger partial charge in [-0.05, 0) is 53.5 Å². The molecule has 0 aliphatic carbocycles. The van der Waals surface area contributed by atoms with Crippen LogP contribution in [-0.2, 0) is 29.6 Å². The number of hydrogen-bond donors (Lipinski definition) is 0. The van der Waals surface area contributed by atoms with E-state index >= 15 is 0 Å². The van der Waals surface area contributed by atoms with Gasteiger partial charge in [0.25, 0.3) is 0 Å². The maximum Gasteiger partial charge on any atom is 0.313 e. The maximum atomic E-state index is 12.4. The first kappa shape index (κ1) is 18.2. The third-order valence-corrected chi connectivity index (χ3v) is 4.81. The molecule has 0 bridgehead atoms. The average Bonchev–Trinajstić information content (AvgIpc) is 3.00. The number of aromatic nitrogens is 1. The Morgan fingerprint density at radius 3 is 2.38 bits per heavy atom. The quantitative estimate of drug-likeness (QED) is 0.571. The molecule has 1 heterocycles. The summed E-state index contributed by atoms with van der Waals surface area (Å²) in [6, 6.07) is 16.5. The molecule has 1 unspecified atom stereocenters. The van der Waals surface area contributed by atoms with E-state index in [0.717, 1.165) is 23.1 Å². The largest absolute Gasteiger partial charge is 0.460 e. The van der Waals surface area contributed by atoms with Crippen molar-refractivity contribution >= 4 is 16.9 Å². The number of hydrogen-bond acceptors (Lipinski definition) is 2. The van der Waals surface area contributed by atoms with Crippen molar-refractivity contribution in [3.05, 3.63) is 71.4 Å². The van der Waals surface area contributed by atoms with Crippen molar-refractivity contribution in [2.24, 2.45) is 13.0 Å². The zero-order valence-electron chi connectivity index (χ0n) is 16.0. The van der Waals surface area contributed by atoms with Crippen LogP contribution < -0.4 is 0 Å². The third kappa shape index (κ3) is 4.16. The van der Waals surface area contributed by atoms with E-state index in [2.05, 4.69) is 48.7 Å². The van der Waals surface area contributed by atoms with Gasteiger partial charge in [-0.1, -0.05) is 50.2 Å². The Labute approximate surface area is 155 Å². The third-order valence-electron chi connectivity index (χ3n) is 4.81. The van der Waals surface area contributed by atoms with E-state index in [4.69, 9.17) is 4.74 Å². The summed E-state index contributed by atoms with van der Waals surface area (Å²) in [5, 5.41) is 1.19. The monoisotopic (exact) mass is 349 g/mol. The smallest absolute Gasteiger partial charge is 0.313 e. The van der Waals surface area contributed by atoms with Gasteiger partial charge in [-0.2, -0.15) is 0 Å². The normalized spacial score (nSPS) is 12.5. The van der Waals surface area contributed by atoms with E-state index in [9.17, 15) is 4.79 Å². The first-order valence-corrected chi connectivity index (χ1v) is 9.23. The minimum absolute atomic E-state index is 0.186. The highest BCUT2D eigenvalue weighted by Crippen LogP contribution is 2.21. The minimum Gasteiger partial charge on any atom is -0.460 e. The Hall–Kier alpha value is -2.55.